The minimum atomic E-state index is -1.71. The Labute approximate surface area is 238 Å². The smallest absolute Gasteiger partial charge is 0.110 e. The molecule has 0 radical (unpaired) electrons. The highest BCUT2D eigenvalue weighted by molar-refractivity contribution is 6.31. The Bertz CT molecular complexity index is 1820. The molecule has 5 rings (SSSR count). The number of fused-ring (bicyclic) bond motifs is 1. The summed E-state index contributed by atoms with van der Waals surface area (Å²) in [6, 6.07) is 16.7. The van der Waals surface area contributed by atoms with Crippen LogP contribution >= 0.6 is 11.6 Å². The van der Waals surface area contributed by atoms with Gasteiger partial charge in [0, 0.05) is 35.0 Å². The lowest BCUT2D eigenvalue weighted by Gasteiger charge is -2.22. The van der Waals surface area contributed by atoms with Gasteiger partial charge in [0.1, 0.15) is 17.8 Å². The van der Waals surface area contributed by atoms with E-state index in [2.05, 4.69) is 63.8 Å². The maximum absolute atomic E-state index is 10.0. The van der Waals surface area contributed by atoms with Crippen molar-refractivity contribution >= 4 is 33.9 Å². The van der Waals surface area contributed by atoms with Crippen LogP contribution in [-0.2, 0) is 0 Å². The van der Waals surface area contributed by atoms with Crippen molar-refractivity contribution in [3.8, 4) is 17.8 Å². The topological polar surface area (TPSA) is 128 Å². The number of hydrogen-bond acceptors (Lipinski definition) is 8. The molecule has 0 saturated carbocycles. The van der Waals surface area contributed by atoms with Crippen molar-refractivity contribution < 1.29 is 1.37 Å². The first kappa shape index (κ1) is 25.3. The molecule has 2 aromatic carbocycles. The van der Waals surface area contributed by atoms with Crippen molar-refractivity contribution in [2.45, 2.75) is 26.8 Å². The van der Waals surface area contributed by atoms with E-state index in [0.29, 0.717) is 50.7 Å². The maximum Gasteiger partial charge on any atom is 0.110 e. The largest absolute Gasteiger partial charge is 0.383 e. The zero-order valence-electron chi connectivity index (χ0n) is 23.1. The average molecular weight is 549 g/mol. The number of nitrogens with one attached hydrogen (secondary N) is 2. The van der Waals surface area contributed by atoms with Crippen LogP contribution in [0, 0.1) is 28.1 Å². The molecule has 3 aromatic heterocycles. The first-order valence-electron chi connectivity index (χ1n) is 13.0. The molecule has 40 heavy (non-hydrogen) atoms. The summed E-state index contributed by atoms with van der Waals surface area (Å²) in [6.07, 6.45) is 6.40. The molecule has 3 heterocycles. The molecular formula is C30H26ClN9. The average Bonchev–Trinajstić information content (AvgIpc) is 3.47. The van der Waals surface area contributed by atoms with Crippen LogP contribution in [0.15, 0.2) is 73.3 Å². The lowest BCUT2D eigenvalue weighted by molar-refractivity contribution is 0.443. The number of hydrogen-bond donors (Lipinski definition) is 2. The number of halogens is 1. The number of nitrogens with zero attached hydrogens (tertiary/aromatic N) is 7. The van der Waals surface area contributed by atoms with Crippen LogP contribution in [0.1, 0.15) is 50.5 Å². The standard InChI is InChI=1S/C30H26ClN9/c1-30(2,3)18-36-28-20(14-33)15-35-27-19(13-32)11-21(12-24(27)28)37-29(23-8-4-5-9-25(23)31)26-17-40(39-38-26)22-7-6-10-34-16-22/h4-12,15-17,29,37H,18H2,1-3H3,(H,35,36)/i29D. The maximum atomic E-state index is 10.0. The molecule has 0 spiro atoms. The number of pyridine rings is 2. The summed E-state index contributed by atoms with van der Waals surface area (Å²) in [6.45, 7) is 6.83. The van der Waals surface area contributed by atoms with E-state index in [1.54, 1.807) is 61.1 Å². The van der Waals surface area contributed by atoms with Crippen molar-refractivity contribution in [1.82, 2.24) is 25.0 Å². The van der Waals surface area contributed by atoms with Gasteiger partial charge in [-0.05, 0) is 41.3 Å². The summed E-state index contributed by atoms with van der Waals surface area (Å²) in [4.78, 5) is 8.56. The van der Waals surface area contributed by atoms with E-state index in [4.69, 9.17) is 11.6 Å². The normalized spacial score (nSPS) is 13.1. The predicted molar refractivity (Wildman–Crippen MR) is 155 cm³/mol. The number of nitriles is 2. The molecule has 0 aliphatic heterocycles. The molecule has 9 nitrogen and oxygen atoms in total. The minimum absolute atomic E-state index is 0.0727. The zero-order chi connectivity index (χ0) is 29.2. The molecule has 1 atom stereocenters. The van der Waals surface area contributed by atoms with Gasteiger partial charge in [-0.1, -0.05) is 55.8 Å². The highest BCUT2D eigenvalue weighted by atomic mass is 35.5. The lowest BCUT2D eigenvalue weighted by atomic mass is 9.96. The zero-order valence-corrected chi connectivity index (χ0v) is 22.9. The van der Waals surface area contributed by atoms with Gasteiger partial charge in [-0.3, -0.25) is 9.97 Å². The summed E-state index contributed by atoms with van der Waals surface area (Å²) >= 11 is 6.62. The Morgan fingerprint density at radius 1 is 1.07 bits per heavy atom. The Morgan fingerprint density at radius 3 is 2.58 bits per heavy atom. The van der Waals surface area contributed by atoms with Gasteiger partial charge >= 0.3 is 0 Å². The molecule has 198 valence electrons. The van der Waals surface area contributed by atoms with Crippen LogP contribution in [0.3, 0.4) is 0 Å². The van der Waals surface area contributed by atoms with Gasteiger partial charge in [0.2, 0.25) is 0 Å². The van der Waals surface area contributed by atoms with Gasteiger partial charge in [-0.2, -0.15) is 10.5 Å². The van der Waals surface area contributed by atoms with Crippen LogP contribution in [-0.4, -0.2) is 31.5 Å². The second-order valence-corrected chi connectivity index (χ2v) is 10.8. The third kappa shape index (κ3) is 5.56. The molecule has 0 amide bonds. The lowest BCUT2D eigenvalue weighted by Crippen LogP contribution is -2.20. The molecule has 0 bridgehead atoms. The van der Waals surface area contributed by atoms with Gasteiger partial charge in [-0.15, -0.1) is 5.10 Å². The Hall–Kier alpha value is -4.99. The minimum Gasteiger partial charge on any atom is -0.383 e. The monoisotopic (exact) mass is 548 g/mol. The Balaban J connectivity index is 1.68. The molecule has 0 fully saturated rings. The predicted octanol–water partition coefficient (Wildman–Crippen LogP) is 6.27. The van der Waals surface area contributed by atoms with Crippen molar-refractivity contribution in [3.05, 3.63) is 101 Å². The van der Waals surface area contributed by atoms with Crippen LogP contribution in [0.25, 0.3) is 16.6 Å². The first-order valence-corrected chi connectivity index (χ1v) is 12.9. The number of benzene rings is 2. The quantitative estimate of drug-likeness (QED) is 0.243. The summed E-state index contributed by atoms with van der Waals surface area (Å²) < 4.78 is 11.2. The third-order valence-electron chi connectivity index (χ3n) is 6.08. The molecular weight excluding hydrogens is 522 g/mol. The fourth-order valence-corrected chi connectivity index (χ4v) is 4.39. The van der Waals surface area contributed by atoms with Gasteiger partial charge in [0.25, 0.3) is 0 Å². The van der Waals surface area contributed by atoms with E-state index < -0.39 is 6.02 Å². The molecule has 0 aliphatic carbocycles. The van der Waals surface area contributed by atoms with Gasteiger partial charge in [0.05, 0.1) is 47.8 Å². The SMILES string of the molecule is [2H]C(Nc1cc(C#N)c2ncc(C#N)c(NCC(C)(C)C)c2c1)(c1cn(-c2cccnc2)nn1)c1ccccc1Cl. The number of aromatic nitrogens is 5. The number of rotatable bonds is 7. The van der Waals surface area contributed by atoms with Crippen molar-refractivity contribution in [1.29, 1.82) is 10.5 Å². The van der Waals surface area contributed by atoms with Crippen LogP contribution in [0.2, 0.25) is 5.02 Å². The van der Waals surface area contributed by atoms with Gasteiger partial charge in [0.15, 0.2) is 0 Å². The van der Waals surface area contributed by atoms with Gasteiger partial charge < -0.3 is 10.6 Å². The fourth-order valence-electron chi connectivity index (χ4n) is 4.16. The second kappa shape index (κ2) is 11.0. The first-order chi connectivity index (χ1) is 19.6. The summed E-state index contributed by atoms with van der Waals surface area (Å²) in [7, 11) is 0. The van der Waals surface area contributed by atoms with Crippen LogP contribution in [0.4, 0.5) is 11.4 Å². The highest BCUT2D eigenvalue weighted by Crippen LogP contribution is 2.35. The van der Waals surface area contributed by atoms with E-state index in [-0.39, 0.29) is 16.7 Å². The van der Waals surface area contributed by atoms with E-state index in [9.17, 15) is 11.9 Å². The van der Waals surface area contributed by atoms with E-state index in [1.165, 1.54) is 10.9 Å². The molecule has 0 aliphatic rings. The van der Waals surface area contributed by atoms with Crippen LogP contribution < -0.4 is 10.6 Å². The molecule has 2 N–H and O–H groups in total. The summed E-state index contributed by atoms with van der Waals surface area (Å²) in [5.74, 6) is 0. The van der Waals surface area contributed by atoms with Crippen LogP contribution in [0.5, 0.6) is 0 Å². The Morgan fingerprint density at radius 2 is 1.88 bits per heavy atom. The second-order valence-electron chi connectivity index (χ2n) is 10.3. The van der Waals surface area contributed by atoms with Crippen molar-refractivity contribution in [2.24, 2.45) is 5.41 Å². The van der Waals surface area contributed by atoms with E-state index in [0.717, 1.165) is 0 Å². The molecule has 10 heteroatoms. The Kier molecular flexibility index (Phi) is 6.96. The molecule has 0 saturated heterocycles. The van der Waals surface area contributed by atoms with Gasteiger partial charge in [-0.25, -0.2) is 4.68 Å². The highest BCUT2D eigenvalue weighted by Gasteiger charge is 2.23. The van der Waals surface area contributed by atoms with Crippen molar-refractivity contribution in [3.63, 3.8) is 0 Å². The van der Waals surface area contributed by atoms with E-state index in [1.807, 2.05) is 6.07 Å². The summed E-state index contributed by atoms with van der Waals surface area (Å²) in [5.41, 5.74) is 3.41. The fraction of sp³-hybridized carbons (Fsp3) is 0.200. The number of anilines is 2. The summed E-state index contributed by atoms with van der Waals surface area (Å²) in [5, 5.41) is 36.0. The molecule has 5 aromatic rings. The third-order valence-corrected chi connectivity index (χ3v) is 6.41. The molecule has 1 unspecified atom stereocenters. The van der Waals surface area contributed by atoms with E-state index >= 15 is 0 Å². The van der Waals surface area contributed by atoms with Crippen molar-refractivity contribution in [2.75, 3.05) is 17.2 Å².